The van der Waals surface area contributed by atoms with E-state index in [1.807, 2.05) is 25.2 Å². The average Bonchev–Trinajstić information content (AvgIpc) is 3.67. The molecule has 0 aromatic heterocycles. The van der Waals surface area contributed by atoms with Gasteiger partial charge in [0.1, 0.15) is 18.0 Å². The van der Waals surface area contributed by atoms with Crippen molar-refractivity contribution in [3.63, 3.8) is 0 Å². The predicted molar refractivity (Wildman–Crippen MR) is 223 cm³/mol. The fourth-order valence-corrected chi connectivity index (χ4v) is 16.3. The Hall–Kier alpha value is -2.58. The lowest BCUT2D eigenvalue weighted by molar-refractivity contribution is -0.348. The summed E-state index contributed by atoms with van der Waals surface area (Å²) in [7, 11) is 1.93. The molecule has 322 valence electrons. The molecule has 9 nitrogen and oxygen atoms in total. The lowest BCUT2D eigenvalue weighted by Crippen LogP contribution is -2.81. The van der Waals surface area contributed by atoms with E-state index in [0.717, 1.165) is 60.7 Å². The molecule has 6 fully saturated rings. The Morgan fingerprint density at radius 2 is 1.86 bits per heavy atom. The van der Waals surface area contributed by atoms with Crippen LogP contribution >= 0.6 is 0 Å². The summed E-state index contributed by atoms with van der Waals surface area (Å²) in [6.07, 6.45) is 11.3. The summed E-state index contributed by atoms with van der Waals surface area (Å²) in [5.74, 6) is 4.83. The van der Waals surface area contributed by atoms with Crippen LogP contribution in [0.5, 0.6) is 0 Å². The molecule has 0 amide bonds. The maximum absolute atomic E-state index is 14.4. The van der Waals surface area contributed by atoms with E-state index in [2.05, 4.69) is 37.9 Å². The van der Waals surface area contributed by atoms with Crippen LogP contribution in [0.4, 0.5) is 0 Å². The third-order valence-electron chi connectivity index (χ3n) is 18.8. The van der Waals surface area contributed by atoms with Crippen LogP contribution in [0.1, 0.15) is 134 Å². The number of carbonyl (C=O) groups excluding carboxylic acids is 2. The van der Waals surface area contributed by atoms with Crippen molar-refractivity contribution in [1.82, 2.24) is 5.32 Å². The summed E-state index contributed by atoms with van der Waals surface area (Å²) in [4.78, 5) is 27.8. The van der Waals surface area contributed by atoms with Crippen molar-refractivity contribution < 1.29 is 39.9 Å². The standard InChI is InChI=1S/C50H69NO8/c1-5-6-7-12-32-24-47(28-53)41-17-19-46-18-9-8-11-30-13-10-14-33(27-52)36(30)22-40(51-4)37-21-34(43(46)38-23-42(54)59-45(37)38)25-49(46,57)48(41,56)26-35-20-31(29(2)3)15-16-39(44(32)55)50(35,47)58/h10,13-14,23,28-29,31-32,34-35,37,39-41,43-45,51-52,55-58H,5-7,9,12,15-22,24-27H2,1-4H3/t31-,32+,34-,35-,37+,39+,40+,41-,43+,44-,45+,46+,47+,48-,49+,50-/m0/s1. The monoisotopic (exact) mass is 812 g/mol. The molecule has 0 saturated heterocycles. The zero-order chi connectivity index (χ0) is 41.7. The summed E-state index contributed by atoms with van der Waals surface area (Å²) in [5.41, 5.74) is -3.46. The molecule has 59 heavy (non-hydrogen) atoms. The highest BCUT2D eigenvalue weighted by Gasteiger charge is 2.83. The number of nitrogens with one attached hydrogen (secondary N) is 1. The average molecular weight is 812 g/mol. The number of hydrogen-bond donors (Lipinski definition) is 6. The van der Waals surface area contributed by atoms with E-state index in [1.54, 1.807) is 6.08 Å². The highest BCUT2D eigenvalue weighted by molar-refractivity contribution is 5.86. The number of fused-ring (bicyclic) bond motifs is 7. The molecular weight excluding hydrogens is 743 g/mol. The molecule has 7 aliphatic carbocycles. The van der Waals surface area contributed by atoms with Crippen LogP contribution in [0, 0.1) is 75.9 Å². The second kappa shape index (κ2) is 15.1. The zero-order valence-electron chi connectivity index (χ0n) is 35.8. The second-order valence-corrected chi connectivity index (χ2v) is 21.1. The molecule has 9 heteroatoms. The molecular formula is C50H69NO8. The van der Waals surface area contributed by atoms with Gasteiger partial charge in [0, 0.05) is 47.3 Å². The van der Waals surface area contributed by atoms with Gasteiger partial charge in [-0.05, 0) is 142 Å². The number of unbranched alkanes of at least 4 members (excludes halogenated alkanes) is 2. The fraction of sp³-hybridized carbons (Fsp3) is 0.760. The molecule has 8 aliphatic rings. The van der Waals surface area contributed by atoms with Gasteiger partial charge in [-0.25, -0.2) is 4.79 Å². The third kappa shape index (κ3) is 5.71. The van der Waals surface area contributed by atoms with Crippen LogP contribution in [-0.4, -0.2) is 79.9 Å². The van der Waals surface area contributed by atoms with Crippen LogP contribution in [-0.2, 0) is 27.4 Å². The van der Waals surface area contributed by atoms with Crippen molar-refractivity contribution >= 4 is 12.3 Å². The normalized spacial score (nSPS) is 47.0. The number of aldehydes is 1. The minimum absolute atomic E-state index is 0.0739. The zero-order valence-corrected chi connectivity index (χ0v) is 35.8. The van der Waals surface area contributed by atoms with E-state index in [1.165, 1.54) is 0 Å². The number of aliphatic hydroxyl groups is 5. The fourth-order valence-electron chi connectivity index (χ4n) is 16.3. The van der Waals surface area contributed by atoms with E-state index in [-0.39, 0.29) is 54.6 Å². The second-order valence-electron chi connectivity index (χ2n) is 21.1. The van der Waals surface area contributed by atoms with Crippen molar-refractivity contribution in [2.24, 2.45) is 64.1 Å². The Morgan fingerprint density at radius 3 is 2.59 bits per heavy atom. The molecule has 1 spiro atoms. The van der Waals surface area contributed by atoms with E-state index < -0.39 is 57.6 Å². The Kier molecular flexibility index (Phi) is 10.7. The lowest BCUT2D eigenvalue weighted by atomic mass is 9.35. The molecule has 4 bridgehead atoms. The quantitative estimate of drug-likeness (QED) is 0.0829. The van der Waals surface area contributed by atoms with Crippen molar-refractivity contribution in [3.8, 4) is 11.8 Å². The molecule has 16 atom stereocenters. The Labute approximate surface area is 351 Å². The van der Waals surface area contributed by atoms with Gasteiger partial charge in [-0.3, -0.25) is 0 Å². The number of carbonyl (C=O) groups is 2. The predicted octanol–water partition coefficient (Wildman–Crippen LogP) is 5.79. The number of hydrogen-bond acceptors (Lipinski definition) is 9. The number of esters is 1. The van der Waals surface area contributed by atoms with Crippen LogP contribution in [0.2, 0.25) is 0 Å². The maximum atomic E-state index is 14.4. The van der Waals surface area contributed by atoms with Gasteiger partial charge in [-0.15, -0.1) is 0 Å². The van der Waals surface area contributed by atoms with E-state index in [0.29, 0.717) is 70.1 Å². The van der Waals surface area contributed by atoms with Crippen molar-refractivity contribution in [3.05, 3.63) is 46.5 Å². The van der Waals surface area contributed by atoms with Crippen LogP contribution in [0.25, 0.3) is 0 Å². The summed E-state index contributed by atoms with van der Waals surface area (Å²) in [6, 6.07) is 5.75. The van der Waals surface area contributed by atoms with Crippen LogP contribution < -0.4 is 5.32 Å². The lowest BCUT2D eigenvalue weighted by Gasteiger charge is -2.72. The van der Waals surface area contributed by atoms with Gasteiger partial charge in [0.05, 0.1) is 29.3 Å². The molecule has 1 heterocycles. The van der Waals surface area contributed by atoms with Gasteiger partial charge in [-0.1, -0.05) is 64.0 Å². The van der Waals surface area contributed by atoms with Gasteiger partial charge in [0.15, 0.2) is 0 Å². The number of ether oxygens (including phenoxy) is 1. The summed E-state index contributed by atoms with van der Waals surface area (Å²) >= 11 is 0. The Balaban J connectivity index is 1.22. The summed E-state index contributed by atoms with van der Waals surface area (Å²) < 4.78 is 6.26. The first-order valence-electron chi connectivity index (χ1n) is 23.4. The van der Waals surface area contributed by atoms with E-state index in [9.17, 15) is 35.1 Å². The van der Waals surface area contributed by atoms with Crippen LogP contribution in [0.3, 0.4) is 0 Å². The molecule has 0 radical (unpaired) electrons. The van der Waals surface area contributed by atoms with Crippen LogP contribution in [0.15, 0.2) is 29.8 Å². The van der Waals surface area contributed by atoms with E-state index in [4.69, 9.17) is 4.74 Å². The smallest absolute Gasteiger partial charge is 0.331 e. The number of aliphatic hydroxyl groups excluding tert-OH is 2. The van der Waals surface area contributed by atoms with Gasteiger partial charge in [-0.2, -0.15) is 0 Å². The summed E-state index contributed by atoms with van der Waals surface area (Å²) in [6.45, 7) is 6.48. The molecule has 1 aromatic rings. The van der Waals surface area contributed by atoms with Crippen molar-refractivity contribution in [2.75, 3.05) is 7.05 Å². The molecule has 6 saturated carbocycles. The minimum Gasteiger partial charge on any atom is -0.454 e. The topological polar surface area (TPSA) is 157 Å². The minimum atomic E-state index is -1.71. The molecule has 1 aromatic carbocycles. The first-order chi connectivity index (χ1) is 28.3. The number of rotatable bonds is 8. The van der Waals surface area contributed by atoms with Gasteiger partial charge in [0.25, 0.3) is 0 Å². The first-order valence-corrected chi connectivity index (χ1v) is 23.4. The highest BCUT2D eigenvalue weighted by Crippen LogP contribution is 2.77. The Morgan fingerprint density at radius 1 is 1.05 bits per heavy atom. The molecule has 6 N–H and O–H groups in total. The number of benzene rings is 1. The van der Waals surface area contributed by atoms with Crippen molar-refractivity contribution in [1.29, 1.82) is 0 Å². The van der Waals surface area contributed by atoms with Gasteiger partial charge < -0.3 is 40.4 Å². The first kappa shape index (κ1) is 41.8. The third-order valence-corrected chi connectivity index (χ3v) is 18.8. The van der Waals surface area contributed by atoms with Gasteiger partial charge in [0.2, 0.25) is 0 Å². The SMILES string of the molecule is CCCCC[C@@H]1C[C@@]2(C=O)[C@@H]3CC[C@@]45CCC#Cc6cccc(CO)c6C[C@@H](NC)[C@H]6C[C@@H](C[C@]4(O)[C@]3(O)C[C@@H]3C[C@@H](C(C)C)CC[C@H]([C@H]1O)[C@@]32O)[C@@H]5C1=CC(=O)O[C@@H]16. The van der Waals surface area contributed by atoms with Gasteiger partial charge >= 0.3 is 5.97 Å². The molecule has 1 aliphatic heterocycles. The Bertz CT molecular complexity index is 1920. The van der Waals surface area contributed by atoms with E-state index >= 15 is 0 Å². The van der Waals surface area contributed by atoms with Crippen molar-refractivity contribution in [2.45, 2.75) is 165 Å². The molecule has 0 unspecified atom stereocenters. The number of likely N-dealkylation sites (N-methyl/N-ethyl adjacent to an activating group) is 1. The highest BCUT2D eigenvalue weighted by atomic mass is 16.5. The largest absolute Gasteiger partial charge is 0.454 e. The maximum Gasteiger partial charge on any atom is 0.331 e. The summed E-state index contributed by atoms with van der Waals surface area (Å²) in [5, 5.41) is 68.2. The molecule has 9 rings (SSSR count).